The Morgan fingerprint density at radius 2 is 1.80 bits per heavy atom. The van der Waals surface area contributed by atoms with E-state index in [9.17, 15) is 8.42 Å². The summed E-state index contributed by atoms with van der Waals surface area (Å²) in [5.41, 5.74) is 8.87. The van der Waals surface area contributed by atoms with Gasteiger partial charge in [0, 0.05) is 18.7 Å². The Morgan fingerprint density at radius 1 is 1.06 bits per heavy atom. The van der Waals surface area contributed by atoms with Crippen LogP contribution >= 0.6 is 15.9 Å². The summed E-state index contributed by atoms with van der Waals surface area (Å²) in [6, 6.07) is 14.5. The van der Waals surface area contributed by atoms with Gasteiger partial charge in [-0.25, -0.2) is 12.7 Å². The number of nitrogens with zero attached hydrogens (tertiary/aromatic N) is 4. The Bertz CT molecular complexity index is 1530. The third-order valence-corrected chi connectivity index (χ3v) is 10.1. The molecule has 8 nitrogen and oxygen atoms in total. The van der Waals surface area contributed by atoms with Gasteiger partial charge in [-0.3, -0.25) is 0 Å². The normalized spacial score (nSPS) is 17.9. The molecule has 1 saturated carbocycles. The maximum Gasteiger partial charge on any atom is 0.233 e. The minimum absolute atomic E-state index is 0.155. The molecule has 0 atom stereocenters. The molecular weight excluding hydrogens is 530 g/mol. The first-order valence-electron chi connectivity index (χ1n) is 11.9. The molecule has 2 aromatic heterocycles. The number of rotatable bonds is 6. The van der Waals surface area contributed by atoms with Crippen molar-refractivity contribution in [3.8, 4) is 17.0 Å². The van der Waals surface area contributed by atoms with Gasteiger partial charge in [-0.2, -0.15) is 14.6 Å². The molecule has 0 spiro atoms. The lowest BCUT2D eigenvalue weighted by Crippen LogP contribution is -2.41. The predicted molar refractivity (Wildman–Crippen MR) is 140 cm³/mol. The highest BCUT2D eigenvalue weighted by atomic mass is 79.9. The summed E-state index contributed by atoms with van der Waals surface area (Å²) in [5, 5.41) is 6.61. The van der Waals surface area contributed by atoms with E-state index in [1.807, 2.05) is 12.1 Å². The smallest absolute Gasteiger partial charge is 0.233 e. The van der Waals surface area contributed by atoms with Crippen LogP contribution < -0.4 is 10.5 Å². The number of nitrogen functional groups attached to an aromatic ring is 1. The fourth-order valence-electron chi connectivity index (χ4n) is 4.73. The molecule has 0 unspecified atom stereocenters. The molecule has 1 aliphatic carbocycles. The Hall–Kier alpha value is -2.69. The minimum Gasteiger partial charge on any atom is -0.476 e. The standard InChI is InChI=1S/C25H26BrN5O3S/c26-22-23(27)31-24(21(14-28-31)19-6-5-17-3-1-2-4-18(17)13-19)29-25(22)34-15-16-9-11-30(12-10-16)35(32,33)20-7-8-20/h1-6,13-14,16,20H,7-12,15,27H2. The quantitative estimate of drug-likeness (QED) is 0.376. The zero-order valence-corrected chi connectivity index (χ0v) is 21.5. The Morgan fingerprint density at radius 3 is 2.54 bits per heavy atom. The zero-order valence-electron chi connectivity index (χ0n) is 19.1. The number of anilines is 1. The Balaban J connectivity index is 1.22. The SMILES string of the molecule is Nc1c(Br)c(OCC2CCN(S(=O)(=O)C3CC3)CC2)nc2c(-c3ccc4ccccc4c3)cnn12. The van der Waals surface area contributed by atoms with Gasteiger partial charge in [0.15, 0.2) is 5.65 Å². The molecule has 10 heteroatoms. The summed E-state index contributed by atoms with van der Waals surface area (Å²) in [6.07, 6.45) is 4.91. The molecule has 2 aliphatic rings. The molecule has 3 heterocycles. The topological polar surface area (TPSA) is 103 Å². The third-order valence-electron chi connectivity index (χ3n) is 6.99. The number of piperidine rings is 1. The van der Waals surface area contributed by atoms with Gasteiger partial charge in [-0.05, 0) is 69.9 Å². The summed E-state index contributed by atoms with van der Waals surface area (Å²) in [6.45, 7) is 1.56. The molecular formula is C25H26BrN5O3S. The van der Waals surface area contributed by atoms with Crippen LogP contribution in [0.15, 0.2) is 53.1 Å². The highest BCUT2D eigenvalue weighted by molar-refractivity contribution is 9.10. The van der Waals surface area contributed by atoms with Gasteiger partial charge in [0.2, 0.25) is 15.9 Å². The molecule has 4 aromatic rings. The largest absolute Gasteiger partial charge is 0.476 e. The maximum atomic E-state index is 12.5. The summed E-state index contributed by atoms with van der Waals surface area (Å²) in [4.78, 5) is 4.77. The lowest BCUT2D eigenvalue weighted by atomic mass is 9.99. The number of benzene rings is 2. The lowest BCUT2D eigenvalue weighted by Gasteiger charge is -2.31. The average molecular weight is 556 g/mol. The molecule has 35 heavy (non-hydrogen) atoms. The maximum absolute atomic E-state index is 12.5. The minimum atomic E-state index is -3.11. The van der Waals surface area contributed by atoms with Crippen LogP contribution in [-0.4, -0.2) is 52.3 Å². The summed E-state index contributed by atoms with van der Waals surface area (Å²) < 4.78 is 34.9. The van der Waals surface area contributed by atoms with Crippen molar-refractivity contribution in [2.24, 2.45) is 5.92 Å². The number of nitrogens with two attached hydrogens (primary N) is 1. The van der Waals surface area contributed by atoms with E-state index in [1.165, 1.54) is 5.39 Å². The number of aromatic nitrogens is 3. The summed E-state index contributed by atoms with van der Waals surface area (Å²) in [5.74, 6) is 1.10. The molecule has 1 aliphatic heterocycles. The van der Waals surface area contributed by atoms with Crippen LogP contribution in [0.25, 0.3) is 27.5 Å². The monoisotopic (exact) mass is 555 g/mol. The Kier molecular flexibility index (Phi) is 5.69. The first kappa shape index (κ1) is 22.8. The molecule has 182 valence electrons. The van der Waals surface area contributed by atoms with Crippen LogP contribution in [0.2, 0.25) is 0 Å². The van der Waals surface area contributed by atoms with E-state index in [0.29, 0.717) is 41.5 Å². The van der Waals surface area contributed by atoms with E-state index in [2.05, 4.69) is 51.4 Å². The summed E-state index contributed by atoms with van der Waals surface area (Å²) in [7, 11) is -3.11. The van der Waals surface area contributed by atoms with Crippen LogP contribution in [0.3, 0.4) is 0 Å². The number of hydrogen-bond acceptors (Lipinski definition) is 6. The van der Waals surface area contributed by atoms with E-state index in [-0.39, 0.29) is 11.2 Å². The van der Waals surface area contributed by atoms with Crippen molar-refractivity contribution in [2.75, 3.05) is 25.4 Å². The van der Waals surface area contributed by atoms with Crippen molar-refractivity contribution in [3.63, 3.8) is 0 Å². The number of halogens is 1. The van der Waals surface area contributed by atoms with Crippen molar-refractivity contribution in [1.82, 2.24) is 18.9 Å². The van der Waals surface area contributed by atoms with Crippen molar-refractivity contribution >= 4 is 48.2 Å². The number of ether oxygens (including phenoxy) is 1. The molecule has 1 saturated heterocycles. The number of fused-ring (bicyclic) bond motifs is 2. The predicted octanol–water partition coefficient (Wildman–Crippen LogP) is 4.48. The van der Waals surface area contributed by atoms with Crippen LogP contribution in [0.5, 0.6) is 5.88 Å². The molecule has 6 rings (SSSR count). The van der Waals surface area contributed by atoms with E-state index in [0.717, 1.165) is 42.2 Å². The molecule has 2 fully saturated rings. The van der Waals surface area contributed by atoms with E-state index in [4.69, 9.17) is 15.5 Å². The van der Waals surface area contributed by atoms with Crippen LogP contribution in [0.1, 0.15) is 25.7 Å². The molecule has 0 bridgehead atoms. The van der Waals surface area contributed by atoms with E-state index in [1.54, 1.807) is 15.0 Å². The van der Waals surface area contributed by atoms with E-state index >= 15 is 0 Å². The van der Waals surface area contributed by atoms with Gasteiger partial charge >= 0.3 is 0 Å². The van der Waals surface area contributed by atoms with Crippen LogP contribution in [0.4, 0.5) is 5.82 Å². The second-order valence-corrected chi connectivity index (χ2v) is 12.4. The first-order chi connectivity index (χ1) is 16.9. The molecule has 2 aromatic carbocycles. The van der Waals surface area contributed by atoms with E-state index < -0.39 is 10.0 Å². The van der Waals surface area contributed by atoms with Gasteiger partial charge < -0.3 is 10.5 Å². The van der Waals surface area contributed by atoms with Crippen molar-refractivity contribution < 1.29 is 13.2 Å². The second kappa shape index (κ2) is 8.76. The fraction of sp³-hybridized carbons (Fsp3) is 0.360. The number of sulfonamides is 1. The van der Waals surface area contributed by atoms with Gasteiger partial charge in [0.05, 0.1) is 18.1 Å². The van der Waals surface area contributed by atoms with Crippen LogP contribution in [-0.2, 0) is 10.0 Å². The summed E-state index contributed by atoms with van der Waals surface area (Å²) >= 11 is 3.52. The van der Waals surface area contributed by atoms with Gasteiger partial charge in [0.25, 0.3) is 0 Å². The Labute approximate surface area is 212 Å². The van der Waals surface area contributed by atoms with Crippen molar-refractivity contribution in [2.45, 2.75) is 30.9 Å². The van der Waals surface area contributed by atoms with Gasteiger partial charge in [-0.1, -0.05) is 36.4 Å². The fourth-order valence-corrected chi connectivity index (χ4v) is 6.98. The number of hydrogen-bond donors (Lipinski definition) is 1. The highest BCUT2D eigenvalue weighted by Crippen LogP contribution is 2.36. The average Bonchev–Trinajstić information content (AvgIpc) is 3.66. The molecule has 0 radical (unpaired) electrons. The second-order valence-electron chi connectivity index (χ2n) is 9.37. The van der Waals surface area contributed by atoms with Crippen molar-refractivity contribution in [1.29, 1.82) is 0 Å². The van der Waals surface area contributed by atoms with Crippen molar-refractivity contribution in [3.05, 3.63) is 53.1 Å². The highest BCUT2D eigenvalue weighted by Gasteiger charge is 2.41. The lowest BCUT2D eigenvalue weighted by molar-refractivity contribution is 0.180. The first-order valence-corrected chi connectivity index (χ1v) is 14.1. The van der Waals surface area contributed by atoms with Crippen LogP contribution in [0, 0.1) is 5.92 Å². The zero-order chi connectivity index (χ0) is 24.2. The third kappa shape index (κ3) is 4.17. The van der Waals surface area contributed by atoms with Gasteiger partial charge in [-0.15, -0.1) is 0 Å². The molecule has 0 amide bonds. The van der Waals surface area contributed by atoms with Gasteiger partial charge in [0.1, 0.15) is 10.3 Å². The molecule has 2 N–H and O–H groups in total.